The summed E-state index contributed by atoms with van der Waals surface area (Å²) in [7, 11) is -2.07. The largest absolute Gasteiger partial charge is 0.414 e. The molecule has 36 heavy (non-hydrogen) atoms. The molecule has 0 spiro atoms. The first-order valence-electron chi connectivity index (χ1n) is 12.3. The first-order chi connectivity index (χ1) is 16.9. The summed E-state index contributed by atoms with van der Waals surface area (Å²) in [4.78, 5) is 40.0. The van der Waals surface area contributed by atoms with Crippen molar-refractivity contribution in [1.29, 1.82) is 0 Å². The van der Waals surface area contributed by atoms with Crippen molar-refractivity contribution in [3.8, 4) is 0 Å². The maximum absolute atomic E-state index is 13.2. The molecule has 1 aliphatic rings. The third-order valence-corrected chi connectivity index (χ3v) is 11.9. The van der Waals surface area contributed by atoms with E-state index >= 15 is 0 Å². The summed E-state index contributed by atoms with van der Waals surface area (Å²) in [5, 5.41) is 5.18. The number of aryl methyl sites for hydroxylation is 1. The Morgan fingerprint density at radius 1 is 1.17 bits per heavy atom. The molecule has 1 aromatic heterocycles. The molecule has 9 heteroatoms. The first-order valence-corrected chi connectivity index (χ1v) is 15.2. The van der Waals surface area contributed by atoms with E-state index in [1.165, 1.54) is 10.8 Å². The van der Waals surface area contributed by atoms with Crippen molar-refractivity contribution in [2.24, 2.45) is 0 Å². The predicted molar refractivity (Wildman–Crippen MR) is 143 cm³/mol. The molecule has 2 aromatic carbocycles. The molecule has 2 heterocycles. The summed E-state index contributed by atoms with van der Waals surface area (Å²) < 4.78 is 14.1. The van der Waals surface area contributed by atoms with Crippen LogP contribution < -0.4 is 16.6 Å². The third kappa shape index (κ3) is 5.38. The van der Waals surface area contributed by atoms with Crippen LogP contribution in [0.3, 0.4) is 0 Å². The van der Waals surface area contributed by atoms with Crippen LogP contribution in [0, 0.1) is 6.92 Å². The molecule has 0 unspecified atom stereocenters. The van der Waals surface area contributed by atoms with Gasteiger partial charge in [-0.05, 0) is 48.0 Å². The zero-order chi connectivity index (χ0) is 26.3. The second-order valence-electron chi connectivity index (χ2n) is 11.1. The number of benzene rings is 2. The van der Waals surface area contributed by atoms with Crippen LogP contribution in [0.1, 0.15) is 49.3 Å². The Labute approximate surface area is 211 Å². The van der Waals surface area contributed by atoms with Crippen LogP contribution in [0.4, 0.5) is 0 Å². The van der Waals surface area contributed by atoms with Crippen LogP contribution in [-0.2, 0) is 9.16 Å². The number of hydrogen-bond acceptors (Lipinski definition) is 5. The van der Waals surface area contributed by atoms with Crippen molar-refractivity contribution < 1.29 is 14.0 Å². The van der Waals surface area contributed by atoms with Crippen molar-refractivity contribution in [2.75, 3.05) is 6.61 Å². The molecule has 1 saturated heterocycles. The number of nitrogens with zero attached hydrogens (tertiary/aromatic N) is 1. The number of H-pyrrole nitrogens is 1. The average Bonchev–Trinajstić information content (AvgIpc) is 3.21. The summed E-state index contributed by atoms with van der Waals surface area (Å²) in [5.74, 6) is -0.211. The van der Waals surface area contributed by atoms with Gasteiger partial charge in [0.1, 0.15) is 12.3 Å². The number of nitrogens with one attached hydrogen (secondary N) is 2. The van der Waals surface area contributed by atoms with Crippen molar-refractivity contribution in [3.05, 3.63) is 80.6 Å². The van der Waals surface area contributed by atoms with Gasteiger partial charge in [0.25, 0.3) is 11.5 Å². The number of aromatic amines is 1. The Morgan fingerprint density at radius 2 is 1.86 bits per heavy atom. The topological polar surface area (TPSA) is 102 Å². The fourth-order valence-corrected chi connectivity index (χ4v) is 5.11. The summed E-state index contributed by atoms with van der Waals surface area (Å²) in [6, 6.07) is 13.1. The molecule has 1 aliphatic heterocycles. The zero-order valence-electron chi connectivity index (χ0n) is 21.8. The van der Waals surface area contributed by atoms with Crippen LogP contribution in [-0.4, -0.2) is 42.5 Å². The van der Waals surface area contributed by atoms with E-state index in [1.807, 2.05) is 42.5 Å². The molecule has 0 saturated carbocycles. The average molecular weight is 510 g/mol. The van der Waals surface area contributed by atoms with E-state index in [1.54, 1.807) is 6.92 Å². The van der Waals surface area contributed by atoms with Gasteiger partial charge in [-0.25, -0.2) is 4.79 Å². The molecule has 0 aliphatic carbocycles. The van der Waals surface area contributed by atoms with Gasteiger partial charge in [0.15, 0.2) is 8.32 Å². The Morgan fingerprint density at radius 3 is 2.56 bits per heavy atom. The van der Waals surface area contributed by atoms with Gasteiger partial charge in [0, 0.05) is 23.7 Å². The summed E-state index contributed by atoms with van der Waals surface area (Å²) in [5.41, 5.74) is 0.00331. The summed E-state index contributed by atoms with van der Waals surface area (Å²) >= 11 is 0. The van der Waals surface area contributed by atoms with Crippen LogP contribution >= 0.6 is 0 Å². The smallest absolute Gasteiger partial charge is 0.330 e. The molecule has 1 amide bonds. The molecule has 3 aromatic rings. The van der Waals surface area contributed by atoms with Gasteiger partial charge in [0.2, 0.25) is 0 Å². The van der Waals surface area contributed by atoms with Crippen LogP contribution in [0.25, 0.3) is 10.8 Å². The lowest BCUT2D eigenvalue weighted by Gasteiger charge is -2.37. The lowest BCUT2D eigenvalue weighted by molar-refractivity contribution is -0.0263. The standard InChI is InChI=1S/C27H35N3O5Si/c1-17-15-30(26(33)29-24(17)31)23-14-21(22(35-23)16-34-36(5,6)27(2,3)4)28-25(32)20-12-11-18-9-7-8-10-19(18)13-20/h7-13,15,21-23H,14,16H2,1-6H3,(H,28,32)(H,29,31,33)/t21-,22+,23+/m0/s1. The summed E-state index contributed by atoms with van der Waals surface area (Å²) in [6.45, 7) is 12.8. The van der Waals surface area contributed by atoms with Crippen LogP contribution in [0.15, 0.2) is 58.3 Å². The van der Waals surface area contributed by atoms with Crippen molar-refractivity contribution >= 4 is 25.0 Å². The van der Waals surface area contributed by atoms with Gasteiger partial charge in [0.05, 0.1) is 12.6 Å². The predicted octanol–water partition coefficient (Wildman–Crippen LogP) is 4.11. The highest BCUT2D eigenvalue weighted by molar-refractivity contribution is 6.74. The van der Waals surface area contributed by atoms with E-state index in [2.05, 4.69) is 44.2 Å². The number of fused-ring (bicyclic) bond motifs is 1. The molecule has 2 N–H and O–H groups in total. The van der Waals surface area contributed by atoms with E-state index < -0.39 is 31.9 Å². The molecule has 4 rings (SSSR count). The number of carbonyl (C=O) groups is 1. The second-order valence-corrected chi connectivity index (χ2v) is 15.9. The Hall–Kier alpha value is -3.01. The number of amides is 1. The Bertz CT molecular complexity index is 1390. The molecule has 8 nitrogen and oxygen atoms in total. The SMILES string of the molecule is Cc1cn([C@H]2C[C@H](NC(=O)c3ccc4ccccc4c3)[C@@H](CO[Si](C)(C)C(C)(C)C)O2)c(=O)[nH]c1=O. The van der Waals surface area contributed by atoms with Crippen molar-refractivity contribution in [2.45, 2.75) is 70.6 Å². The molecule has 192 valence electrons. The highest BCUT2D eigenvalue weighted by Gasteiger charge is 2.42. The zero-order valence-corrected chi connectivity index (χ0v) is 22.8. The highest BCUT2D eigenvalue weighted by atomic mass is 28.4. The minimum absolute atomic E-state index is 0.0157. The number of ether oxygens (including phenoxy) is 1. The number of carbonyl (C=O) groups excluding carboxylic acids is 1. The van der Waals surface area contributed by atoms with Crippen LogP contribution in [0.5, 0.6) is 0 Å². The van der Waals surface area contributed by atoms with Gasteiger partial charge in [-0.15, -0.1) is 0 Å². The lowest BCUT2D eigenvalue weighted by Crippen LogP contribution is -2.47. The van der Waals surface area contributed by atoms with Crippen molar-refractivity contribution in [3.63, 3.8) is 0 Å². The molecule has 0 bridgehead atoms. The fraction of sp³-hybridized carbons (Fsp3) is 0.444. The number of hydrogen-bond donors (Lipinski definition) is 2. The van der Waals surface area contributed by atoms with Crippen LogP contribution in [0.2, 0.25) is 18.1 Å². The molecule has 1 fully saturated rings. The van der Waals surface area contributed by atoms with E-state index in [-0.39, 0.29) is 17.0 Å². The van der Waals surface area contributed by atoms with Gasteiger partial charge in [-0.3, -0.25) is 19.1 Å². The quantitative estimate of drug-likeness (QED) is 0.487. The van der Waals surface area contributed by atoms with Gasteiger partial charge >= 0.3 is 5.69 Å². The fourth-order valence-electron chi connectivity index (χ4n) is 4.10. The van der Waals surface area contributed by atoms with E-state index in [0.717, 1.165) is 10.8 Å². The van der Waals surface area contributed by atoms with Gasteiger partial charge < -0.3 is 14.5 Å². The first kappa shape index (κ1) is 26.1. The Kier molecular flexibility index (Phi) is 7.09. The highest BCUT2D eigenvalue weighted by Crippen LogP contribution is 2.37. The molecular formula is C27H35N3O5Si. The minimum atomic E-state index is -2.07. The molecule has 0 radical (unpaired) electrons. The normalized spacial score (nSPS) is 20.6. The number of aromatic nitrogens is 2. The maximum atomic E-state index is 13.2. The monoisotopic (exact) mass is 509 g/mol. The summed E-state index contributed by atoms with van der Waals surface area (Å²) in [6.07, 6.45) is 0.789. The van der Waals surface area contributed by atoms with Gasteiger partial charge in [-0.2, -0.15) is 0 Å². The minimum Gasteiger partial charge on any atom is -0.414 e. The third-order valence-electron chi connectivity index (χ3n) is 7.44. The molecule has 3 atom stereocenters. The Balaban J connectivity index is 1.59. The second kappa shape index (κ2) is 9.80. The lowest BCUT2D eigenvalue weighted by atomic mass is 10.1. The van der Waals surface area contributed by atoms with E-state index in [4.69, 9.17) is 9.16 Å². The number of rotatable bonds is 6. The van der Waals surface area contributed by atoms with E-state index in [0.29, 0.717) is 24.2 Å². The van der Waals surface area contributed by atoms with Gasteiger partial charge in [-0.1, -0.05) is 51.1 Å². The van der Waals surface area contributed by atoms with Crippen molar-refractivity contribution in [1.82, 2.24) is 14.9 Å². The maximum Gasteiger partial charge on any atom is 0.330 e. The van der Waals surface area contributed by atoms with E-state index in [9.17, 15) is 14.4 Å². The molecular weight excluding hydrogens is 474 g/mol.